The molecule has 0 aliphatic rings. The SMILES string of the molecule is CCNC(=NCc1cccc(NC(=O)Cn2cccn2)c1)NCC(C)(O)c1cccs1. The third-order valence-corrected chi connectivity index (χ3v) is 5.61. The van der Waals surface area contributed by atoms with Crippen molar-refractivity contribution < 1.29 is 9.90 Å². The molecule has 1 aromatic carbocycles. The maximum Gasteiger partial charge on any atom is 0.246 e. The van der Waals surface area contributed by atoms with E-state index >= 15 is 0 Å². The molecular weight excluding hydrogens is 412 g/mol. The van der Waals surface area contributed by atoms with Crippen LogP contribution in [0.15, 0.2) is 65.2 Å². The van der Waals surface area contributed by atoms with Crippen molar-refractivity contribution in [1.82, 2.24) is 20.4 Å². The van der Waals surface area contributed by atoms with Crippen LogP contribution in [0.1, 0.15) is 24.3 Å². The Balaban J connectivity index is 1.58. The molecule has 3 aromatic rings. The molecule has 2 aromatic heterocycles. The molecule has 0 radical (unpaired) electrons. The maximum atomic E-state index is 12.2. The second kappa shape index (κ2) is 10.7. The molecule has 4 N–H and O–H groups in total. The second-order valence-corrected chi connectivity index (χ2v) is 8.20. The van der Waals surface area contributed by atoms with Gasteiger partial charge in [0.2, 0.25) is 5.91 Å². The summed E-state index contributed by atoms with van der Waals surface area (Å²) in [4.78, 5) is 17.7. The van der Waals surface area contributed by atoms with E-state index in [4.69, 9.17) is 0 Å². The van der Waals surface area contributed by atoms with Crippen LogP contribution in [0.25, 0.3) is 0 Å². The summed E-state index contributed by atoms with van der Waals surface area (Å²) in [7, 11) is 0. The average molecular weight is 441 g/mol. The number of hydrogen-bond donors (Lipinski definition) is 4. The van der Waals surface area contributed by atoms with Crippen molar-refractivity contribution in [2.24, 2.45) is 4.99 Å². The van der Waals surface area contributed by atoms with Crippen LogP contribution in [-0.2, 0) is 23.5 Å². The second-order valence-electron chi connectivity index (χ2n) is 7.25. The number of nitrogens with one attached hydrogen (secondary N) is 3. The number of anilines is 1. The first-order valence-electron chi connectivity index (χ1n) is 10.1. The number of benzene rings is 1. The van der Waals surface area contributed by atoms with Gasteiger partial charge in [-0.05, 0) is 49.1 Å². The van der Waals surface area contributed by atoms with E-state index in [2.05, 4.69) is 26.0 Å². The molecule has 0 bridgehead atoms. The Kier molecular flexibility index (Phi) is 7.80. The standard InChI is InChI=1S/C22H28N6O2S/c1-3-23-21(25-16-22(2,30)19-9-5-12-31-19)24-14-17-7-4-8-18(13-17)27-20(29)15-28-11-6-10-26-28/h4-13,30H,3,14-16H2,1-2H3,(H,27,29)(H2,23,24,25). The molecule has 1 amide bonds. The summed E-state index contributed by atoms with van der Waals surface area (Å²) in [5, 5.41) is 26.0. The molecule has 0 aliphatic carbocycles. The van der Waals surface area contributed by atoms with Gasteiger partial charge in [0.1, 0.15) is 12.1 Å². The molecule has 0 saturated heterocycles. The lowest BCUT2D eigenvalue weighted by molar-refractivity contribution is -0.116. The van der Waals surface area contributed by atoms with E-state index in [9.17, 15) is 9.90 Å². The number of aliphatic hydroxyl groups is 1. The topological polar surface area (TPSA) is 104 Å². The highest BCUT2D eigenvalue weighted by atomic mass is 32.1. The van der Waals surface area contributed by atoms with Crippen molar-refractivity contribution in [3.8, 4) is 0 Å². The lowest BCUT2D eigenvalue weighted by Crippen LogP contribution is -2.44. The van der Waals surface area contributed by atoms with Crippen LogP contribution >= 0.6 is 11.3 Å². The largest absolute Gasteiger partial charge is 0.383 e. The minimum atomic E-state index is -0.983. The van der Waals surface area contributed by atoms with Gasteiger partial charge in [0.15, 0.2) is 5.96 Å². The molecule has 8 nitrogen and oxygen atoms in total. The zero-order chi connectivity index (χ0) is 22.1. The van der Waals surface area contributed by atoms with Gasteiger partial charge in [-0.3, -0.25) is 9.48 Å². The number of nitrogens with zero attached hydrogens (tertiary/aromatic N) is 3. The molecule has 31 heavy (non-hydrogen) atoms. The molecule has 1 unspecified atom stereocenters. The number of thiophene rings is 1. The highest BCUT2D eigenvalue weighted by Crippen LogP contribution is 2.24. The van der Waals surface area contributed by atoms with E-state index in [1.807, 2.05) is 48.7 Å². The van der Waals surface area contributed by atoms with Crippen LogP contribution in [0.5, 0.6) is 0 Å². The quantitative estimate of drug-likeness (QED) is 0.302. The number of amides is 1. The minimum absolute atomic E-state index is 0.143. The van der Waals surface area contributed by atoms with E-state index in [1.165, 1.54) is 11.3 Å². The summed E-state index contributed by atoms with van der Waals surface area (Å²) in [6, 6.07) is 13.2. The van der Waals surface area contributed by atoms with Crippen molar-refractivity contribution in [2.75, 3.05) is 18.4 Å². The van der Waals surface area contributed by atoms with Gasteiger partial charge >= 0.3 is 0 Å². The smallest absolute Gasteiger partial charge is 0.246 e. The van der Waals surface area contributed by atoms with Crippen molar-refractivity contribution in [1.29, 1.82) is 0 Å². The Hall–Kier alpha value is -3.17. The first-order valence-corrected chi connectivity index (χ1v) is 11.0. The molecular formula is C22H28N6O2S. The summed E-state index contributed by atoms with van der Waals surface area (Å²) < 4.78 is 1.57. The first kappa shape index (κ1) is 22.5. The Morgan fingerprint density at radius 3 is 2.84 bits per heavy atom. The van der Waals surface area contributed by atoms with E-state index in [1.54, 1.807) is 30.1 Å². The third-order valence-electron chi connectivity index (χ3n) is 4.49. The summed E-state index contributed by atoms with van der Waals surface area (Å²) in [5.74, 6) is 0.475. The van der Waals surface area contributed by atoms with Crippen LogP contribution in [0.4, 0.5) is 5.69 Å². The van der Waals surface area contributed by atoms with Crippen molar-refractivity contribution in [3.63, 3.8) is 0 Å². The number of guanidine groups is 1. The Morgan fingerprint density at radius 2 is 2.13 bits per heavy atom. The number of hydrogen-bond acceptors (Lipinski definition) is 5. The Morgan fingerprint density at radius 1 is 1.26 bits per heavy atom. The fourth-order valence-corrected chi connectivity index (χ4v) is 3.72. The molecule has 164 valence electrons. The molecule has 0 spiro atoms. The summed E-state index contributed by atoms with van der Waals surface area (Å²) in [5.41, 5.74) is 0.686. The summed E-state index contributed by atoms with van der Waals surface area (Å²) >= 11 is 1.52. The van der Waals surface area contributed by atoms with Crippen LogP contribution in [0.3, 0.4) is 0 Å². The number of rotatable bonds is 9. The maximum absolute atomic E-state index is 12.2. The predicted octanol–water partition coefficient (Wildman–Crippen LogP) is 2.55. The van der Waals surface area contributed by atoms with Crippen LogP contribution in [0, 0.1) is 0 Å². The van der Waals surface area contributed by atoms with E-state index in [-0.39, 0.29) is 12.5 Å². The number of aromatic nitrogens is 2. The zero-order valence-electron chi connectivity index (χ0n) is 17.7. The molecule has 3 rings (SSSR count). The number of carbonyl (C=O) groups is 1. The minimum Gasteiger partial charge on any atom is -0.383 e. The van der Waals surface area contributed by atoms with Crippen LogP contribution in [-0.4, -0.2) is 39.8 Å². The Labute approximate surface area is 186 Å². The molecule has 1 atom stereocenters. The zero-order valence-corrected chi connectivity index (χ0v) is 18.5. The lowest BCUT2D eigenvalue weighted by Gasteiger charge is -2.23. The van der Waals surface area contributed by atoms with Crippen LogP contribution < -0.4 is 16.0 Å². The van der Waals surface area contributed by atoms with Gasteiger partial charge < -0.3 is 21.1 Å². The molecule has 0 fully saturated rings. The predicted molar refractivity (Wildman–Crippen MR) is 124 cm³/mol. The average Bonchev–Trinajstić information content (AvgIpc) is 3.45. The van der Waals surface area contributed by atoms with Gasteiger partial charge in [0.05, 0.1) is 13.1 Å². The van der Waals surface area contributed by atoms with Gasteiger partial charge in [-0.1, -0.05) is 18.2 Å². The first-order chi connectivity index (χ1) is 15.0. The van der Waals surface area contributed by atoms with E-state index in [0.29, 0.717) is 31.3 Å². The molecule has 9 heteroatoms. The van der Waals surface area contributed by atoms with Crippen molar-refractivity contribution >= 4 is 28.9 Å². The summed E-state index contributed by atoms with van der Waals surface area (Å²) in [6.45, 7) is 5.40. The number of aliphatic imine (C=N–C) groups is 1. The van der Waals surface area contributed by atoms with Gasteiger partial charge in [-0.15, -0.1) is 11.3 Å². The highest BCUT2D eigenvalue weighted by molar-refractivity contribution is 7.10. The fraction of sp³-hybridized carbons (Fsp3) is 0.318. The molecule has 0 aliphatic heterocycles. The van der Waals surface area contributed by atoms with Gasteiger partial charge in [-0.2, -0.15) is 5.10 Å². The number of carbonyl (C=O) groups excluding carboxylic acids is 1. The normalized spacial score (nSPS) is 13.5. The van der Waals surface area contributed by atoms with Crippen molar-refractivity contribution in [2.45, 2.75) is 32.5 Å². The third kappa shape index (κ3) is 6.94. The van der Waals surface area contributed by atoms with Gasteiger partial charge in [-0.25, -0.2) is 4.99 Å². The monoisotopic (exact) mass is 440 g/mol. The van der Waals surface area contributed by atoms with Gasteiger partial charge in [0, 0.05) is 29.5 Å². The van der Waals surface area contributed by atoms with Gasteiger partial charge in [0.25, 0.3) is 0 Å². The highest BCUT2D eigenvalue weighted by Gasteiger charge is 2.24. The van der Waals surface area contributed by atoms with Crippen LogP contribution in [0.2, 0.25) is 0 Å². The van der Waals surface area contributed by atoms with E-state index < -0.39 is 5.60 Å². The van der Waals surface area contributed by atoms with E-state index in [0.717, 1.165) is 10.4 Å². The molecule has 0 saturated carbocycles. The Bertz CT molecular complexity index is 983. The fourth-order valence-electron chi connectivity index (χ4n) is 2.93. The summed E-state index contributed by atoms with van der Waals surface area (Å²) in [6.07, 6.45) is 3.39. The lowest BCUT2D eigenvalue weighted by atomic mass is 10.1. The van der Waals surface area contributed by atoms with Crippen molar-refractivity contribution in [3.05, 3.63) is 70.7 Å². The molecule has 2 heterocycles.